The van der Waals surface area contributed by atoms with Crippen molar-refractivity contribution in [2.75, 3.05) is 7.11 Å². The molecule has 2 rings (SSSR count). The van der Waals surface area contributed by atoms with E-state index in [4.69, 9.17) is 4.74 Å². The number of hydrogen-bond acceptors (Lipinski definition) is 4. The van der Waals surface area contributed by atoms with E-state index in [0.717, 1.165) is 29.8 Å². The first-order chi connectivity index (χ1) is 11.8. The second-order valence-corrected chi connectivity index (χ2v) is 7.08. The monoisotopic (exact) mass is 366 g/mol. The molecule has 0 heterocycles. The second kappa shape index (κ2) is 8.09. The predicted molar refractivity (Wildman–Crippen MR) is 91.0 cm³/mol. The van der Waals surface area contributed by atoms with Crippen LogP contribution in [0.4, 0.5) is 4.39 Å². The number of ether oxygens (including phenoxy) is 1. The van der Waals surface area contributed by atoms with Crippen molar-refractivity contribution >= 4 is 15.9 Å². The Balaban J connectivity index is 1.93. The number of rotatable bonds is 7. The molecular weight excluding hydrogens is 347 g/mol. The summed E-state index contributed by atoms with van der Waals surface area (Å²) in [5, 5.41) is 2.65. The molecule has 0 saturated heterocycles. The summed E-state index contributed by atoms with van der Waals surface area (Å²) in [6.45, 7) is 1.69. The topological polar surface area (TPSA) is 84.5 Å². The Hall–Kier alpha value is -2.45. The quantitative estimate of drug-likeness (QED) is 0.783. The molecule has 0 fully saturated rings. The van der Waals surface area contributed by atoms with Crippen molar-refractivity contribution in [3.63, 3.8) is 0 Å². The molecular formula is C17H19FN2O4S. The minimum atomic E-state index is -3.91. The number of halogens is 1. The van der Waals surface area contributed by atoms with Gasteiger partial charge in [0.15, 0.2) is 0 Å². The van der Waals surface area contributed by atoms with Crippen LogP contribution in [0.25, 0.3) is 0 Å². The van der Waals surface area contributed by atoms with Gasteiger partial charge in [0.1, 0.15) is 11.6 Å². The van der Waals surface area contributed by atoms with Crippen molar-refractivity contribution in [1.82, 2.24) is 10.0 Å². The third-order valence-corrected chi connectivity index (χ3v) is 5.03. The van der Waals surface area contributed by atoms with E-state index in [9.17, 15) is 17.6 Å². The minimum Gasteiger partial charge on any atom is -0.497 e. The zero-order chi connectivity index (χ0) is 18.4. The van der Waals surface area contributed by atoms with Crippen LogP contribution in [-0.4, -0.2) is 27.5 Å². The van der Waals surface area contributed by atoms with E-state index in [1.54, 1.807) is 31.4 Å². The normalized spacial score (nSPS) is 12.4. The van der Waals surface area contributed by atoms with E-state index in [0.29, 0.717) is 5.75 Å². The molecule has 0 aliphatic carbocycles. The van der Waals surface area contributed by atoms with Crippen molar-refractivity contribution in [1.29, 1.82) is 0 Å². The van der Waals surface area contributed by atoms with Crippen LogP contribution in [0.15, 0.2) is 53.4 Å². The summed E-state index contributed by atoms with van der Waals surface area (Å²) in [6.07, 6.45) is 0. The predicted octanol–water partition coefficient (Wildman–Crippen LogP) is 1.82. The van der Waals surface area contributed by atoms with Crippen molar-refractivity contribution in [2.24, 2.45) is 0 Å². The van der Waals surface area contributed by atoms with Crippen molar-refractivity contribution in [3.05, 3.63) is 59.9 Å². The van der Waals surface area contributed by atoms with Crippen LogP contribution in [0.1, 0.15) is 12.5 Å². The van der Waals surface area contributed by atoms with Gasteiger partial charge in [0, 0.05) is 6.54 Å². The maximum Gasteiger partial charge on any atom is 0.241 e. The first-order valence-electron chi connectivity index (χ1n) is 7.50. The SMILES string of the molecule is COc1ccc(CNC(=O)[C@H](C)NS(=O)(=O)c2ccc(F)cc2)cc1. The van der Waals surface area contributed by atoms with Gasteiger partial charge < -0.3 is 10.1 Å². The molecule has 0 unspecified atom stereocenters. The number of carbonyl (C=O) groups excluding carboxylic acids is 1. The highest BCUT2D eigenvalue weighted by Gasteiger charge is 2.21. The molecule has 134 valence electrons. The van der Waals surface area contributed by atoms with Crippen LogP contribution in [0.3, 0.4) is 0 Å². The lowest BCUT2D eigenvalue weighted by molar-refractivity contribution is -0.122. The van der Waals surface area contributed by atoms with E-state index in [2.05, 4.69) is 10.0 Å². The maximum absolute atomic E-state index is 12.9. The summed E-state index contributed by atoms with van der Waals surface area (Å²) in [5.74, 6) is -0.304. The van der Waals surface area contributed by atoms with Crippen LogP contribution >= 0.6 is 0 Å². The van der Waals surface area contributed by atoms with E-state index < -0.39 is 27.8 Å². The fourth-order valence-corrected chi connectivity index (χ4v) is 3.26. The van der Waals surface area contributed by atoms with E-state index in [-0.39, 0.29) is 11.4 Å². The Labute approximate surface area is 146 Å². The largest absolute Gasteiger partial charge is 0.497 e. The van der Waals surface area contributed by atoms with E-state index in [1.807, 2.05) is 0 Å². The summed E-state index contributed by atoms with van der Waals surface area (Å²) in [5.41, 5.74) is 0.850. The van der Waals surface area contributed by atoms with Gasteiger partial charge >= 0.3 is 0 Å². The molecule has 6 nitrogen and oxygen atoms in total. The highest BCUT2D eigenvalue weighted by Crippen LogP contribution is 2.12. The number of carbonyl (C=O) groups is 1. The minimum absolute atomic E-state index is 0.108. The van der Waals surface area contributed by atoms with Crippen LogP contribution < -0.4 is 14.8 Å². The molecule has 0 aromatic heterocycles. The van der Waals surface area contributed by atoms with Gasteiger partial charge in [0.25, 0.3) is 0 Å². The average molecular weight is 366 g/mol. The number of nitrogens with one attached hydrogen (secondary N) is 2. The molecule has 0 aliphatic rings. The van der Waals surface area contributed by atoms with Crippen molar-refractivity contribution < 1.29 is 22.3 Å². The van der Waals surface area contributed by atoms with Crippen LogP contribution in [0.5, 0.6) is 5.75 Å². The zero-order valence-electron chi connectivity index (χ0n) is 13.8. The van der Waals surface area contributed by atoms with Crippen LogP contribution in [0.2, 0.25) is 0 Å². The van der Waals surface area contributed by atoms with Gasteiger partial charge in [-0.05, 0) is 48.9 Å². The first-order valence-corrected chi connectivity index (χ1v) is 8.98. The van der Waals surface area contributed by atoms with Gasteiger partial charge in [0.05, 0.1) is 18.0 Å². The number of sulfonamides is 1. The zero-order valence-corrected chi connectivity index (χ0v) is 14.6. The van der Waals surface area contributed by atoms with Crippen LogP contribution in [-0.2, 0) is 21.4 Å². The molecule has 0 radical (unpaired) electrons. The van der Waals surface area contributed by atoms with Gasteiger partial charge in [-0.25, -0.2) is 12.8 Å². The molecule has 2 aromatic rings. The number of amides is 1. The molecule has 1 amide bonds. The average Bonchev–Trinajstić information content (AvgIpc) is 2.60. The summed E-state index contributed by atoms with van der Waals surface area (Å²) < 4.78 is 44.6. The Bertz CT molecular complexity index is 821. The Morgan fingerprint density at radius 1 is 1.12 bits per heavy atom. The smallest absolute Gasteiger partial charge is 0.241 e. The fourth-order valence-electron chi connectivity index (χ4n) is 2.05. The van der Waals surface area contributed by atoms with Gasteiger partial charge in [-0.2, -0.15) is 4.72 Å². The summed E-state index contributed by atoms with van der Waals surface area (Å²) in [6, 6.07) is 10.5. The third-order valence-electron chi connectivity index (χ3n) is 3.47. The number of benzene rings is 2. The molecule has 0 aliphatic heterocycles. The number of methoxy groups -OCH3 is 1. The van der Waals surface area contributed by atoms with E-state index >= 15 is 0 Å². The lowest BCUT2D eigenvalue weighted by atomic mass is 10.2. The molecule has 0 bridgehead atoms. The van der Waals surface area contributed by atoms with Crippen LogP contribution in [0, 0.1) is 5.82 Å². The van der Waals surface area contributed by atoms with Gasteiger partial charge in [0.2, 0.25) is 15.9 Å². The van der Waals surface area contributed by atoms with Gasteiger partial charge in [-0.15, -0.1) is 0 Å². The fraction of sp³-hybridized carbons (Fsp3) is 0.235. The lowest BCUT2D eigenvalue weighted by Crippen LogP contribution is -2.44. The van der Waals surface area contributed by atoms with Gasteiger partial charge in [-0.1, -0.05) is 12.1 Å². The first kappa shape index (κ1) is 18.9. The van der Waals surface area contributed by atoms with Gasteiger partial charge in [-0.3, -0.25) is 4.79 Å². The second-order valence-electron chi connectivity index (χ2n) is 5.36. The summed E-state index contributed by atoms with van der Waals surface area (Å²) in [4.78, 5) is 12.0. The molecule has 0 spiro atoms. The molecule has 2 aromatic carbocycles. The summed E-state index contributed by atoms with van der Waals surface area (Å²) >= 11 is 0. The summed E-state index contributed by atoms with van der Waals surface area (Å²) in [7, 11) is -2.35. The van der Waals surface area contributed by atoms with Crippen molar-refractivity contribution in [3.8, 4) is 5.75 Å². The molecule has 2 N–H and O–H groups in total. The highest BCUT2D eigenvalue weighted by atomic mass is 32.2. The molecule has 8 heteroatoms. The lowest BCUT2D eigenvalue weighted by Gasteiger charge is -2.14. The highest BCUT2D eigenvalue weighted by molar-refractivity contribution is 7.89. The number of hydrogen-bond donors (Lipinski definition) is 2. The molecule has 0 saturated carbocycles. The maximum atomic E-state index is 12.9. The molecule has 1 atom stereocenters. The Kier molecular flexibility index (Phi) is 6.11. The van der Waals surface area contributed by atoms with E-state index in [1.165, 1.54) is 6.92 Å². The third kappa shape index (κ3) is 5.27. The Morgan fingerprint density at radius 2 is 1.72 bits per heavy atom. The standard InChI is InChI=1S/C17H19FN2O4S/c1-12(20-25(22,23)16-9-5-14(18)6-10-16)17(21)19-11-13-3-7-15(24-2)8-4-13/h3-10,12,20H,11H2,1-2H3,(H,19,21)/t12-/m0/s1. The molecule has 25 heavy (non-hydrogen) atoms. The Morgan fingerprint density at radius 3 is 2.28 bits per heavy atom. The van der Waals surface area contributed by atoms with Crippen molar-refractivity contribution in [2.45, 2.75) is 24.4 Å².